The fraction of sp³-hybridized carbons (Fsp3) is 0.700. The van der Waals surface area contributed by atoms with Crippen molar-refractivity contribution in [1.82, 2.24) is 10.3 Å². The summed E-state index contributed by atoms with van der Waals surface area (Å²) in [6, 6.07) is 0. The standard InChI is InChI=1S/C10H19N3O2S2.ClH/c1-10(2,4-5-17(3,14)15)13-7-8-6-12-9(11)16-8;/h6,13H,4-5,7H2,1-3H3,(H2,11,12);1H. The van der Waals surface area contributed by atoms with Gasteiger partial charge in [-0.2, -0.15) is 0 Å². The van der Waals surface area contributed by atoms with Gasteiger partial charge in [0.1, 0.15) is 9.84 Å². The largest absolute Gasteiger partial charge is 0.375 e. The van der Waals surface area contributed by atoms with Crippen molar-refractivity contribution in [2.24, 2.45) is 0 Å². The summed E-state index contributed by atoms with van der Waals surface area (Å²) < 4.78 is 22.2. The van der Waals surface area contributed by atoms with E-state index in [0.717, 1.165) is 4.88 Å². The average Bonchev–Trinajstić information content (AvgIpc) is 2.58. The molecule has 106 valence electrons. The van der Waals surface area contributed by atoms with E-state index in [-0.39, 0.29) is 23.7 Å². The Balaban J connectivity index is 0.00000289. The molecule has 0 amide bonds. The lowest BCUT2D eigenvalue weighted by molar-refractivity contribution is 0.376. The molecule has 0 bridgehead atoms. The van der Waals surface area contributed by atoms with Crippen molar-refractivity contribution >= 4 is 38.7 Å². The van der Waals surface area contributed by atoms with Crippen LogP contribution in [0.5, 0.6) is 0 Å². The van der Waals surface area contributed by atoms with Gasteiger partial charge in [-0.3, -0.25) is 0 Å². The Hall–Kier alpha value is -0.370. The van der Waals surface area contributed by atoms with E-state index in [1.165, 1.54) is 17.6 Å². The minimum atomic E-state index is -2.91. The van der Waals surface area contributed by atoms with Crippen molar-refractivity contribution in [3.63, 3.8) is 0 Å². The number of nitrogens with two attached hydrogens (primary N) is 1. The summed E-state index contributed by atoms with van der Waals surface area (Å²) >= 11 is 1.44. The molecular weight excluding hydrogens is 294 g/mol. The predicted molar refractivity (Wildman–Crippen MR) is 79.0 cm³/mol. The van der Waals surface area contributed by atoms with E-state index in [1.54, 1.807) is 6.20 Å². The number of nitrogen functional groups attached to an aromatic ring is 1. The van der Waals surface area contributed by atoms with Gasteiger partial charge in [0.25, 0.3) is 0 Å². The molecular formula is C10H20ClN3O2S2. The summed E-state index contributed by atoms with van der Waals surface area (Å²) in [5.41, 5.74) is 5.31. The van der Waals surface area contributed by atoms with E-state index in [4.69, 9.17) is 5.73 Å². The van der Waals surface area contributed by atoms with Gasteiger partial charge in [0, 0.05) is 29.4 Å². The third-order valence-corrected chi connectivity index (χ3v) is 4.18. The van der Waals surface area contributed by atoms with Gasteiger partial charge in [0.2, 0.25) is 0 Å². The molecule has 0 atom stereocenters. The Bertz CT molecular complexity index is 471. The predicted octanol–water partition coefficient (Wildman–Crippen LogP) is 1.45. The number of anilines is 1. The highest BCUT2D eigenvalue weighted by atomic mass is 35.5. The minimum Gasteiger partial charge on any atom is -0.375 e. The van der Waals surface area contributed by atoms with E-state index in [9.17, 15) is 8.42 Å². The van der Waals surface area contributed by atoms with Crippen LogP contribution in [0.15, 0.2) is 6.20 Å². The molecule has 8 heteroatoms. The number of rotatable bonds is 6. The molecule has 1 aromatic rings. The molecule has 0 spiro atoms. The Morgan fingerprint density at radius 2 is 2.11 bits per heavy atom. The van der Waals surface area contributed by atoms with E-state index in [1.807, 2.05) is 13.8 Å². The van der Waals surface area contributed by atoms with Crippen LogP contribution in [-0.4, -0.2) is 30.9 Å². The average molecular weight is 314 g/mol. The SMILES string of the molecule is CC(C)(CCS(C)(=O)=O)NCc1cnc(N)s1.Cl. The second kappa shape index (κ2) is 6.70. The van der Waals surface area contributed by atoms with Gasteiger partial charge in [0.05, 0.1) is 5.75 Å². The smallest absolute Gasteiger partial charge is 0.180 e. The fourth-order valence-corrected chi connectivity index (χ4v) is 2.76. The molecule has 0 aliphatic rings. The zero-order valence-corrected chi connectivity index (χ0v) is 13.2. The summed E-state index contributed by atoms with van der Waals surface area (Å²) in [6.45, 7) is 4.64. The maximum Gasteiger partial charge on any atom is 0.180 e. The summed E-state index contributed by atoms with van der Waals surface area (Å²) in [6.07, 6.45) is 3.58. The summed E-state index contributed by atoms with van der Waals surface area (Å²) in [5, 5.41) is 3.86. The molecule has 0 saturated carbocycles. The quantitative estimate of drug-likeness (QED) is 0.830. The van der Waals surface area contributed by atoms with Gasteiger partial charge >= 0.3 is 0 Å². The monoisotopic (exact) mass is 313 g/mol. The lowest BCUT2D eigenvalue weighted by Crippen LogP contribution is -2.40. The van der Waals surface area contributed by atoms with Crippen LogP contribution in [0.25, 0.3) is 0 Å². The van der Waals surface area contributed by atoms with Gasteiger partial charge in [-0.15, -0.1) is 23.7 Å². The Labute approximate surface area is 119 Å². The van der Waals surface area contributed by atoms with Crippen LogP contribution in [0.1, 0.15) is 25.1 Å². The van der Waals surface area contributed by atoms with Crippen LogP contribution in [0.4, 0.5) is 5.13 Å². The van der Waals surface area contributed by atoms with Crippen molar-refractivity contribution < 1.29 is 8.42 Å². The Kier molecular flexibility index (Phi) is 6.56. The van der Waals surface area contributed by atoms with Crippen LogP contribution >= 0.6 is 23.7 Å². The fourth-order valence-electron chi connectivity index (χ4n) is 1.26. The number of nitrogens with one attached hydrogen (secondary N) is 1. The highest BCUT2D eigenvalue weighted by molar-refractivity contribution is 7.90. The number of sulfone groups is 1. The second-order valence-electron chi connectivity index (χ2n) is 4.78. The molecule has 0 unspecified atom stereocenters. The lowest BCUT2D eigenvalue weighted by Gasteiger charge is -2.25. The van der Waals surface area contributed by atoms with Gasteiger partial charge in [-0.1, -0.05) is 0 Å². The van der Waals surface area contributed by atoms with Crippen molar-refractivity contribution in [2.75, 3.05) is 17.7 Å². The van der Waals surface area contributed by atoms with E-state index >= 15 is 0 Å². The van der Waals surface area contributed by atoms with Crippen LogP contribution < -0.4 is 11.1 Å². The maximum absolute atomic E-state index is 11.1. The van der Waals surface area contributed by atoms with Crippen molar-refractivity contribution in [1.29, 1.82) is 0 Å². The molecule has 1 heterocycles. The molecule has 1 rings (SSSR count). The molecule has 3 N–H and O–H groups in total. The van der Waals surface area contributed by atoms with Crippen molar-refractivity contribution in [2.45, 2.75) is 32.4 Å². The van der Waals surface area contributed by atoms with E-state index in [2.05, 4.69) is 10.3 Å². The topological polar surface area (TPSA) is 85.1 Å². The Morgan fingerprint density at radius 1 is 1.50 bits per heavy atom. The molecule has 5 nitrogen and oxygen atoms in total. The summed E-state index contributed by atoms with van der Waals surface area (Å²) in [7, 11) is -2.91. The molecule has 0 aliphatic carbocycles. The second-order valence-corrected chi connectivity index (χ2v) is 8.19. The summed E-state index contributed by atoms with van der Waals surface area (Å²) in [4.78, 5) is 5.01. The zero-order chi connectivity index (χ0) is 13.1. The summed E-state index contributed by atoms with van der Waals surface area (Å²) in [5.74, 6) is 0.192. The number of halogens is 1. The normalized spacial score (nSPS) is 12.2. The molecule has 0 radical (unpaired) electrons. The number of hydrogen-bond acceptors (Lipinski definition) is 6. The van der Waals surface area contributed by atoms with Gasteiger partial charge < -0.3 is 11.1 Å². The molecule has 0 aromatic carbocycles. The maximum atomic E-state index is 11.1. The Morgan fingerprint density at radius 3 is 2.56 bits per heavy atom. The van der Waals surface area contributed by atoms with Crippen LogP contribution in [0.2, 0.25) is 0 Å². The third kappa shape index (κ3) is 7.15. The number of hydrogen-bond donors (Lipinski definition) is 2. The molecule has 0 aliphatic heterocycles. The first-order valence-electron chi connectivity index (χ1n) is 5.31. The first-order chi connectivity index (χ1) is 7.68. The highest BCUT2D eigenvalue weighted by Gasteiger charge is 2.19. The van der Waals surface area contributed by atoms with Crippen molar-refractivity contribution in [3.8, 4) is 0 Å². The third-order valence-electron chi connectivity index (χ3n) is 2.41. The van der Waals surface area contributed by atoms with E-state index < -0.39 is 9.84 Å². The van der Waals surface area contributed by atoms with Crippen molar-refractivity contribution in [3.05, 3.63) is 11.1 Å². The van der Waals surface area contributed by atoms with E-state index in [0.29, 0.717) is 18.1 Å². The van der Waals surface area contributed by atoms with Gasteiger partial charge in [-0.05, 0) is 20.3 Å². The molecule has 18 heavy (non-hydrogen) atoms. The van der Waals surface area contributed by atoms with Crippen LogP contribution in [-0.2, 0) is 16.4 Å². The lowest BCUT2D eigenvalue weighted by atomic mass is 10.0. The molecule has 0 fully saturated rings. The molecule has 1 aromatic heterocycles. The van der Waals surface area contributed by atoms with Gasteiger partial charge in [0.15, 0.2) is 5.13 Å². The first-order valence-corrected chi connectivity index (χ1v) is 8.19. The highest BCUT2D eigenvalue weighted by Crippen LogP contribution is 2.16. The zero-order valence-electron chi connectivity index (χ0n) is 10.8. The number of nitrogens with zero attached hydrogens (tertiary/aromatic N) is 1. The molecule has 0 saturated heterocycles. The minimum absolute atomic E-state index is 0. The number of thiazole rings is 1. The van der Waals surface area contributed by atoms with Gasteiger partial charge in [-0.25, -0.2) is 13.4 Å². The first kappa shape index (κ1) is 17.6. The van der Waals surface area contributed by atoms with Crippen LogP contribution in [0.3, 0.4) is 0 Å². The number of aromatic nitrogens is 1. The van der Waals surface area contributed by atoms with Crippen LogP contribution in [0, 0.1) is 0 Å².